The Kier molecular flexibility index (Phi) is 7.70. The number of rotatable bonds is 5. The maximum atomic E-state index is 12.4. The molecule has 0 spiro atoms. The van der Waals surface area contributed by atoms with E-state index in [4.69, 9.17) is 10.2 Å². The molecule has 0 bridgehead atoms. The molecule has 1 atom stereocenters. The quantitative estimate of drug-likeness (QED) is 0.620. The van der Waals surface area contributed by atoms with E-state index in [9.17, 15) is 24.0 Å². The van der Waals surface area contributed by atoms with Crippen LogP contribution in [0.1, 0.15) is 52.8 Å². The summed E-state index contributed by atoms with van der Waals surface area (Å²) in [5.41, 5.74) is 0.539. The molecule has 1 aromatic rings. The number of aliphatic carboxylic acids is 1. The third-order valence-corrected chi connectivity index (χ3v) is 5.75. The van der Waals surface area contributed by atoms with E-state index in [2.05, 4.69) is 0 Å². The molecule has 10 nitrogen and oxygen atoms in total. The molecule has 3 aliphatic heterocycles. The van der Waals surface area contributed by atoms with Gasteiger partial charge < -0.3 is 10.2 Å². The lowest BCUT2D eigenvalue weighted by atomic mass is 10.0. The maximum absolute atomic E-state index is 12.4. The number of benzene rings is 1. The third-order valence-electron chi connectivity index (χ3n) is 5.75. The molecule has 3 heterocycles. The number of nitrogens with zero attached hydrogens (tertiary/aromatic N) is 3. The molecule has 32 heavy (non-hydrogen) atoms. The highest BCUT2D eigenvalue weighted by Crippen LogP contribution is 2.28. The first kappa shape index (κ1) is 23.6. The predicted molar refractivity (Wildman–Crippen MR) is 112 cm³/mol. The number of fused-ring (bicyclic) bond motifs is 1. The Morgan fingerprint density at radius 1 is 0.969 bits per heavy atom. The van der Waals surface area contributed by atoms with Crippen LogP contribution in [0.3, 0.4) is 0 Å². The Bertz CT molecular complexity index is 876. The van der Waals surface area contributed by atoms with Crippen LogP contribution in [0.25, 0.3) is 0 Å². The van der Waals surface area contributed by atoms with Crippen molar-refractivity contribution in [2.24, 2.45) is 0 Å². The van der Waals surface area contributed by atoms with Crippen molar-refractivity contribution in [1.82, 2.24) is 14.7 Å². The molecule has 1 unspecified atom stereocenters. The molecule has 2 fully saturated rings. The van der Waals surface area contributed by atoms with Crippen molar-refractivity contribution in [3.05, 3.63) is 35.4 Å². The van der Waals surface area contributed by atoms with Gasteiger partial charge >= 0.3 is 5.97 Å². The molecule has 172 valence electrons. The fraction of sp³-hybridized carbons (Fsp3) is 0.500. The lowest BCUT2D eigenvalue weighted by Crippen LogP contribution is -2.56. The van der Waals surface area contributed by atoms with Gasteiger partial charge in [-0.05, 0) is 44.5 Å². The second-order valence-electron chi connectivity index (χ2n) is 7.92. The number of likely N-dealkylation sites (tertiary alicyclic amines) is 2. The summed E-state index contributed by atoms with van der Waals surface area (Å²) in [4.78, 5) is 63.0. The number of hydrogen-bond acceptors (Lipinski definition) is 7. The number of carboxylic acids is 1. The van der Waals surface area contributed by atoms with Crippen LogP contribution in [-0.4, -0.2) is 93.3 Å². The molecule has 4 amide bonds. The average molecular weight is 445 g/mol. The van der Waals surface area contributed by atoms with E-state index in [0.29, 0.717) is 0 Å². The third kappa shape index (κ3) is 5.03. The van der Waals surface area contributed by atoms with Crippen molar-refractivity contribution < 1.29 is 34.2 Å². The highest BCUT2D eigenvalue weighted by atomic mass is 16.4. The number of aliphatic hydroxyl groups is 1. The minimum atomic E-state index is -0.989. The van der Waals surface area contributed by atoms with Crippen LogP contribution < -0.4 is 0 Å². The fourth-order valence-corrected chi connectivity index (χ4v) is 4.20. The molecule has 0 saturated carbocycles. The summed E-state index contributed by atoms with van der Waals surface area (Å²) in [5, 5.41) is 17.4. The van der Waals surface area contributed by atoms with E-state index in [0.717, 1.165) is 35.7 Å². The summed E-state index contributed by atoms with van der Waals surface area (Å²) in [5.74, 6) is -2.75. The molecule has 0 radical (unpaired) electrons. The normalized spacial score (nSPS) is 21.3. The van der Waals surface area contributed by atoms with Gasteiger partial charge in [-0.3, -0.25) is 38.7 Å². The van der Waals surface area contributed by atoms with E-state index < -0.39 is 35.6 Å². The summed E-state index contributed by atoms with van der Waals surface area (Å²) >= 11 is 0. The molecule has 10 heteroatoms. The van der Waals surface area contributed by atoms with Crippen molar-refractivity contribution in [3.8, 4) is 0 Å². The van der Waals surface area contributed by atoms with Gasteiger partial charge in [0.25, 0.3) is 17.7 Å². The Labute approximate surface area is 185 Å². The second kappa shape index (κ2) is 10.5. The number of β-amino-alcohol motifs (C(OH)–C–C–N with tert-alkyl or cyclic N) is 1. The van der Waals surface area contributed by atoms with Crippen LogP contribution in [0.2, 0.25) is 0 Å². The zero-order valence-corrected chi connectivity index (χ0v) is 17.7. The van der Waals surface area contributed by atoms with Crippen molar-refractivity contribution in [2.45, 2.75) is 38.1 Å². The number of hydrogen-bond donors (Lipinski definition) is 2. The van der Waals surface area contributed by atoms with E-state index >= 15 is 0 Å². The van der Waals surface area contributed by atoms with Gasteiger partial charge in [-0.15, -0.1) is 0 Å². The summed E-state index contributed by atoms with van der Waals surface area (Å²) < 4.78 is 0. The monoisotopic (exact) mass is 445 g/mol. The van der Waals surface area contributed by atoms with Gasteiger partial charge in [0.1, 0.15) is 6.04 Å². The molecular weight excluding hydrogens is 418 g/mol. The van der Waals surface area contributed by atoms with E-state index in [1.807, 2.05) is 4.90 Å². The van der Waals surface area contributed by atoms with Crippen molar-refractivity contribution >= 4 is 29.6 Å². The zero-order valence-electron chi connectivity index (χ0n) is 17.7. The Balaban J connectivity index is 0.000000243. The van der Waals surface area contributed by atoms with Crippen LogP contribution in [0.4, 0.5) is 0 Å². The highest BCUT2D eigenvalue weighted by Gasteiger charge is 2.46. The first-order chi connectivity index (χ1) is 15.3. The van der Waals surface area contributed by atoms with Crippen molar-refractivity contribution in [2.75, 3.05) is 32.8 Å². The lowest BCUT2D eigenvalue weighted by molar-refractivity contribution is -0.152. The topological polar surface area (TPSA) is 136 Å². The summed E-state index contributed by atoms with van der Waals surface area (Å²) in [6.45, 7) is 1.67. The van der Waals surface area contributed by atoms with E-state index in [1.54, 1.807) is 24.3 Å². The van der Waals surface area contributed by atoms with Gasteiger partial charge in [-0.25, -0.2) is 0 Å². The van der Waals surface area contributed by atoms with Gasteiger partial charge in [-0.2, -0.15) is 0 Å². The standard InChI is InChI=1S/C15H14N2O5.C7H13NO2/c18-8-7-16-12(19)6-5-11(15(16)22)17-13(20)9-3-1-2-4-10(9)14(17)21;9-7(10)6-8-4-2-1-3-5-8/h1-4,11,18H,5-8H2;1-6H2,(H,9,10). The first-order valence-electron chi connectivity index (χ1n) is 10.7. The molecule has 4 rings (SSSR count). The largest absolute Gasteiger partial charge is 0.480 e. The first-order valence-corrected chi connectivity index (χ1v) is 10.7. The Morgan fingerprint density at radius 3 is 2.09 bits per heavy atom. The minimum Gasteiger partial charge on any atom is -0.480 e. The SMILES string of the molecule is O=C(O)CN1CCCCC1.O=C1CCC(N2C(=O)c3ccccc3C2=O)C(=O)N1CCO. The summed E-state index contributed by atoms with van der Waals surface area (Å²) in [6.07, 6.45) is 3.76. The zero-order chi connectivity index (χ0) is 23.3. The van der Waals surface area contributed by atoms with Gasteiger partial charge in [0.05, 0.1) is 30.8 Å². The summed E-state index contributed by atoms with van der Waals surface area (Å²) in [6, 6.07) is 5.39. The molecule has 0 aromatic heterocycles. The predicted octanol–water partition coefficient (Wildman–Crippen LogP) is 0.349. The second-order valence-corrected chi connectivity index (χ2v) is 7.92. The van der Waals surface area contributed by atoms with Crippen LogP contribution >= 0.6 is 0 Å². The molecule has 3 aliphatic rings. The average Bonchev–Trinajstić information content (AvgIpc) is 3.03. The Hall–Kier alpha value is -3.11. The lowest BCUT2D eigenvalue weighted by Gasteiger charge is -2.34. The number of carbonyl (C=O) groups is 5. The van der Waals surface area contributed by atoms with Crippen LogP contribution in [0.15, 0.2) is 24.3 Å². The minimum absolute atomic E-state index is 0.0593. The molecule has 0 aliphatic carbocycles. The number of aliphatic hydroxyl groups excluding tert-OH is 1. The summed E-state index contributed by atoms with van der Waals surface area (Å²) in [7, 11) is 0. The van der Waals surface area contributed by atoms with Gasteiger partial charge in [-0.1, -0.05) is 18.6 Å². The Morgan fingerprint density at radius 2 is 1.56 bits per heavy atom. The van der Waals surface area contributed by atoms with Crippen molar-refractivity contribution in [3.63, 3.8) is 0 Å². The number of imide groups is 2. The molecule has 2 N–H and O–H groups in total. The van der Waals surface area contributed by atoms with E-state index in [-0.39, 0.29) is 43.7 Å². The smallest absolute Gasteiger partial charge is 0.317 e. The van der Waals surface area contributed by atoms with Crippen LogP contribution in [-0.2, 0) is 14.4 Å². The van der Waals surface area contributed by atoms with Gasteiger partial charge in [0.15, 0.2) is 0 Å². The highest BCUT2D eigenvalue weighted by molar-refractivity contribution is 6.23. The molecular formula is C22H27N3O7. The van der Waals surface area contributed by atoms with Crippen LogP contribution in [0, 0.1) is 0 Å². The maximum Gasteiger partial charge on any atom is 0.317 e. The fourth-order valence-electron chi connectivity index (χ4n) is 4.20. The number of carboxylic acid groups (broad SMARTS) is 1. The van der Waals surface area contributed by atoms with Gasteiger partial charge in [0, 0.05) is 6.42 Å². The number of amides is 4. The number of piperidine rings is 2. The number of carbonyl (C=O) groups excluding carboxylic acids is 4. The van der Waals surface area contributed by atoms with Crippen molar-refractivity contribution in [1.29, 1.82) is 0 Å². The van der Waals surface area contributed by atoms with Crippen LogP contribution in [0.5, 0.6) is 0 Å². The molecule has 1 aromatic carbocycles. The van der Waals surface area contributed by atoms with E-state index in [1.165, 1.54) is 6.42 Å². The molecule has 2 saturated heterocycles. The van der Waals surface area contributed by atoms with Gasteiger partial charge in [0.2, 0.25) is 5.91 Å².